The van der Waals surface area contributed by atoms with Crippen LogP contribution in [-0.4, -0.2) is 25.1 Å². The number of allylic oxidation sites excluding steroid dienone is 3. The normalized spacial score (nSPS) is 22.7. The Morgan fingerprint density at radius 1 is 1.29 bits per heavy atom. The zero-order chi connectivity index (χ0) is 9.97. The minimum atomic E-state index is 1.12. The van der Waals surface area contributed by atoms with Crippen molar-refractivity contribution in [3.63, 3.8) is 0 Å². The molecule has 2 heteroatoms. The third kappa shape index (κ3) is 1.66. The molecule has 0 unspecified atom stereocenters. The lowest BCUT2D eigenvalue weighted by atomic mass is 10.0. The van der Waals surface area contributed by atoms with Gasteiger partial charge >= 0.3 is 0 Å². The molecule has 0 bridgehead atoms. The molecule has 0 aromatic carbocycles. The average Bonchev–Trinajstić information content (AvgIpc) is 2.70. The van der Waals surface area contributed by atoms with Crippen LogP contribution in [0.1, 0.15) is 32.6 Å². The van der Waals surface area contributed by atoms with E-state index in [1.54, 1.807) is 7.11 Å². The molecule has 1 saturated heterocycles. The van der Waals surface area contributed by atoms with E-state index in [2.05, 4.69) is 17.9 Å². The van der Waals surface area contributed by atoms with Crippen molar-refractivity contribution in [1.82, 2.24) is 4.90 Å². The van der Waals surface area contributed by atoms with Gasteiger partial charge in [-0.25, -0.2) is 0 Å². The molecular formula is C12H19NO. The molecule has 78 valence electrons. The van der Waals surface area contributed by atoms with E-state index < -0.39 is 0 Å². The fourth-order valence-corrected chi connectivity index (χ4v) is 2.43. The van der Waals surface area contributed by atoms with Crippen molar-refractivity contribution in [3.8, 4) is 0 Å². The standard InChI is InChI=1S/C12H19NO/c1-10-6-5-7-11(12(10)14-2)13-8-3-4-9-13/h6H,3-5,7-9H2,1-2H3. The molecule has 0 spiro atoms. The van der Waals surface area contributed by atoms with Crippen LogP contribution in [0.15, 0.2) is 23.1 Å². The highest BCUT2D eigenvalue weighted by molar-refractivity contribution is 5.32. The minimum absolute atomic E-state index is 1.12. The summed E-state index contributed by atoms with van der Waals surface area (Å²) >= 11 is 0. The Kier molecular flexibility index (Phi) is 2.80. The van der Waals surface area contributed by atoms with Gasteiger partial charge in [0.1, 0.15) is 5.76 Å². The summed E-state index contributed by atoms with van der Waals surface area (Å²) in [4.78, 5) is 2.50. The highest BCUT2D eigenvalue weighted by atomic mass is 16.5. The van der Waals surface area contributed by atoms with Gasteiger partial charge in [0.05, 0.1) is 12.8 Å². The maximum Gasteiger partial charge on any atom is 0.140 e. The van der Waals surface area contributed by atoms with Crippen molar-refractivity contribution >= 4 is 0 Å². The number of rotatable bonds is 2. The summed E-state index contributed by atoms with van der Waals surface area (Å²) in [5, 5.41) is 0. The topological polar surface area (TPSA) is 12.5 Å². The fourth-order valence-electron chi connectivity index (χ4n) is 2.43. The Morgan fingerprint density at radius 2 is 2.00 bits per heavy atom. The van der Waals surface area contributed by atoms with E-state index in [9.17, 15) is 0 Å². The quantitative estimate of drug-likeness (QED) is 0.668. The Labute approximate surface area is 86.2 Å². The molecule has 1 aliphatic heterocycles. The van der Waals surface area contributed by atoms with Crippen molar-refractivity contribution in [3.05, 3.63) is 23.1 Å². The van der Waals surface area contributed by atoms with E-state index in [0.29, 0.717) is 0 Å². The fraction of sp³-hybridized carbons (Fsp3) is 0.667. The highest BCUT2D eigenvalue weighted by Crippen LogP contribution is 2.30. The summed E-state index contributed by atoms with van der Waals surface area (Å²) in [5.41, 5.74) is 2.74. The lowest BCUT2D eigenvalue weighted by molar-refractivity contribution is 0.266. The molecule has 2 aliphatic rings. The Balaban J connectivity index is 2.24. The minimum Gasteiger partial charge on any atom is -0.495 e. The molecule has 0 radical (unpaired) electrons. The number of hydrogen-bond donors (Lipinski definition) is 0. The molecular weight excluding hydrogens is 174 g/mol. The summed E-state index contributed by atoms with van der Waals surface area (Å²) in [6.07, 6.45) is 7.27. The summed E-state index contributed by atoms with van der Waals surface area (Å²) in [7, 11) is 1.79. The molecule has 1 fully saturated rings. The van der Waals surface area contributed by atoms with Crippen molar-refractivity contribution in [2.75, 3.05) is 20.2 Å². The SMILES string of the molecule is COC1=C(N2CCCC2)CCC=C1C. The van der Waals surface area contributed by atoms with Crippen LogP contribution in [0.25, 0.3) is 0 Å². The smallest absolute Gasteiger partial charge is 0.140 e. The lowest BCUT2D eigenvalue weighted by Crippen LogP contribution is -2.22. The zero-order valence-electron chi connectivity index (χ0n) is 9.18. The summed E-state index contributed by atoms with van der Waals surface area (Å²) in [5.74, 6) is 1.12. The summed E-state index contributed by atoms with van der Waals surface area (Å²) in [6.45, 7) is 4.58. The maximum atomic E-state index is 5.50. The van der Waals surface area contributed by atoms with Crippen LogP contribution in [0.3, 0.4) is 0 Å². The van der Waals surface area contributed by atoms with E-state index in [0.717, 1.165) is 12.2 Å². The average molecular weight is 193 g/mol. The lowest BCUT2D eigenvalue weighted by Gasteiger charge is -2.27. The predicted molar refractivity (Wildman–Crippen MR) is 57.8 cm³/mol. The van der Waals surface area contributed by atoms with Crippen LogP contribution in [-0.2, 0) is 4.74 Å². The third-order valence-electron chi connectivity index (χ3n) is 3.14. The van der Waals surface area contributed by atoms with Gasteiger partial charge in [0.2, 0.25) is 0 Å². The van der Waals surface area contributed by atoms with E-state index in [-0.39, 0.29) is 0 Å². The first-order valence-electron chi connectivity index (χ1n) is 5.52. The van der Waals surface area contributed by atoms with E-state index in [1.165, 1.54) is 43.6 Å². The molecule has 0 amide bonds. The van der Waals surface area contributed by atoms with Gasteiger partial charge in [-0.05, 0) is 38.2 Å². The number of nitrogens with zero attached hydrogens (tertiary/aromatic N) is 1. The van der Waals surface area contributed by atoms with Crippen LogP contribution in [0.2, 0.25) is 0 Å². The predicted octanol–water partition coefficient (Wildman–Crippen LogP) is 2.68. The van der Waals surface area contributed by atoms with Crippen LogP contribution >= 0.6 is 0 Å². The molecule has 0 atom stereocenters. The third-order valence-corrected chi connectivity index (χ3v) is 3.14. The molecule has 14 heavy (non-hydrogen) atoms. The second kappa shape index (κ2) is 4.07. The summed E-state index contributed by atoms with van der Waals surface area (Å²) in [6, 6.07) is 0. The number of ether oxygens (including phenoxy) is 1. The van der Waals surface area contributed by atoms with E-state index in [1.807, 2.05) is 0 Å². The summed E-state index contributed by atoms with van der Waals surface area (Å²) < 4.78 is 5.50. The van der Waals surface area contributed by atoms with Crippen molar-refractivity contribution in [2.24, 2.45) is 0 Å². The van der Waals surface area contributed by atoms with Gasteiger partial charge in [-0.3, -0.25) is 0 Å². The van der Waals surface area contributed by atoms with Gasteiger partial charge in [0, 0.05) is 13.1 Å². The first-order valence-corrected chi connectivity index (χ1v) is 5.52. The molecule has 1 heterocycles. The van der Waals surface area contributed by atoms with Gasteiger partial charge in [0.15, 0.2) is 0 Å². The van der Waals surface area contributed by atoms with Crippen LogP contribution in [0, 0.1) is 0 Å². The number of methoxy groups -OCH3 is 1. The molecule has 2 nitrogen and oxygen atoms in total. The second-order valence-electron chi connectivity index (χ2n) is 4.10. The maximum absolute atomic E-state index is 5.50. The molecule has 2 rings (SSSR count). The van der Waals surface area contributed by atoms with Crippen LogP contribution in [0.4, 0.5) is 0 Å². The first-order chi connectivity index (χ1) is 6.83. The largest absolute Gasteiger partial charge is 0.495 e. The van der Waals surface area contributed by atoms with Gasteiger partial charge in [-0.15, -0.1) is 0 Å². The van der Waals surface area contributed by atoms with Gasteiger partial charge in [-0.2, -0.15) is 0 Å². The highest BCUT2D eigenvalue weighted by Gasteiger charge is 2.21. The van der Waals surface area contributed by atoms with Gasteiger partial charge in [0.25, 0.3) is 0 Å². The monoisotopic (exact) mass is 193 g/mol. The van der Waals surface area contributed by atoms with Gasteiger partial charge < -0.3 is 9.64 Å². The molecule has 1 aliphatic carbocycles. The van der Waals surface area contributed by atoms with E-state index >= 15 is 0 Å². The van der Waals surface area contributed by atoms with Crippen LogP contribution < -0.4 is 0 Å². The molecule has 0 aromatic rings. The van der Waals surface area contributed by atoms with Crippen molar-refractivity contribution in [2.45, 2.75) is 32.6 Å². The zero-order valence-corrected chi connectivity index (χ0v) is 9.18. The molecule has 0 saturated carbocycles. The second-order valence-corrected chi connectivity index (χ2v) is 4.10. The molecule has 0 aromatic heterocycles. The Bertz CT molecular complexity index is 272. The Hall–Kier alpha value is -0.920. The number of likely N-dealkylation sites (tertiary alicyclic amines) is 1. The van der Waals surface area contributed by atoms with Crippen LogP contribution in [0.5, 0.6) is 0 Å². The Morgan fingerprint density at radius 3 is 2.64 bits per heavy atom. The van der Waals surface area contributed by atoms with Crippen molar-refractivity contribution in [1.29, 1.82) is 0 Å². The number of hydrogen-bond acceptors (Lipinski definition) is 2. The van der Waals surface area contributed by atoms with Crippen molar-refractivity contribution < 1.29 is 4.74 Å². The first kappa shape index (κ1) is 9.63. The van der Waals surface area contributed by atoms with E-state index in [4.69, 9.17) is 4.74 Å². The molecule has 0 N–H and O–H groups in total. The van der Waals surface area contributed by atoms with Gasteiger partial charge in [-0.1, -0.05) is 6.08 Å².